The first-order chi connectivity index (χ1) is 8.02. The molecular weight excluding hydrogens is 220 g/mol. The van der Waals surface area contributed by atoms with E-state index in [1.807, 2.05) is 25.3 Å². The summed E-state index contributed by atoms with van der Waals surface area (Å²) in [4.78, 5) is 16.3. The Balaban J connectivity index is 2.31. The monoisotopic (exact) mass is 238 g/mol. The Labute approximate surface area is 100 Å². The molecule has 0 atom stereocenters. The van der Waals surface area contributed by atoms with Gasteiger partial charge in [0.2, 0.25) is 0 Å². The second kappa shape index (κ2) is 4.46. The summed E-state index contributed by atoms with van der Waals surface area (Å²) in [5.41, 5.74) is 1.73. The van der Waals surface area contributed by atoms with Crippen molar-refractivity contribution in [2.45, 2.75) is 46.4 Å². The van der Waals surface area contributed by atoms with E-state index in [0.29, 0.717) is 25.5 Å². The quantitative estimate of drug-likeness (QED) is 0.815. The molecule has 1 aromatic rings. The van der Waals surface area contributed by atoms with E-state index < -0.39 is 0 Å². The lowest BCUT2D eigenvalue weighted by atomic mass is 10.3. The molecule has 0 bridgehead atoms. The van der Waals surface area contributed by atoms with Gasteiger partial charge >= 0.3 is 0 Å². The molecule has 0 saturated carbocycles. The Hall–Kier alpha value is -1.40. The average molecular weight is 238 g/mol. The summed E-state index contributed by atoms with van der Waals surface area (Å²) in [7, 11) is 0. The zero-order chi connectivity index (χ0) is 12.6. The summed E-state index contributed by atoms with van der Waals surface area (Å²) in [6.07, 6.45) is 0. The fourth-order valence-corrected chi connectivity index (χ4v) is 2.08. The summed E-state index contributed by atoms with van der Waals surface area (Å²) >= 11 is 0. The third-order valence-electron chi connectivity index (χ3n) is 2.76. The predicted molar refractivity (Wildman–Crippen MR) is 61.5 cm³/mol. The first-order valence-corrected chi connectivity index (χ1v) is 5.85. The Morgan fingerprint density at radius 3 is 2.82 bits per heavy atom. The molecule has 0 fully saturated rings. The van der Waals surface area contributed by atoms with Gasteiger partial charge in [-0.3, -0.25) is 4.79 Å². The minimum Gasteiger partial charge on any atom is -0.347 e. The summed E-state index contributed by atoms with van der Waals surface area (Å²) < 4.78 is 1.86. The maximum absolute atomic E-state index is 12.0. The highest BCUT2D eigenvalue weighted by atomic mass is 16.5. The van der Waals surface area contributed by atoms with E-state index in [0.717, 1.165) is 11.4 Å². The topological polar surface area (TPSA) is 70.4 Å². The van der Waals surface area contributed by atoms with Gasteiger partial charge in [0.25, 0.3) is 5.91 Å². The van der Waals surface area contributed by atoms with Crippen molar-refractivity contribution >= 4 is 5.91 Å². The van der Waals surface area contributed by atoms with Crippen molar-refractivity contribution in [3.05, 3.63) is 17.2 Å². The van der Waals surface area contributed by atoms with Crippen molar-refractivity contribution in [1.82, 2.24) is 19.9 Å². The SMILES string of the molecule is CCn1c(C(=O)NC(C)C)nc2c1CN(O)C2. The number of nitrogens with one attached hydrogen (secondary N) is 1. The van der Waals surface area contributed by atoms with Crippen LogP contribution in [0.3, 0.4) is 0 Å². The molecule has 2 rings (SSSR count). The number of hydrogen-bond donors (Lipinski definition) is 2. The van der Waals surface area contributed by atoms with E-state index in [-0.39, 0.29) is 11.9 Å². The van der Waals surface area contributed by atoms with Crippen LogP contribution >= 0.6 is 0 Å². The molecule has 0 saturated heterocycles. The summed E-state index contributed by atoms with van der Waals surface area (Å²) in [5.74, 6) is 0.292. The molecule has 17 heavy (non-hydrogen) atoms. The molecule has 0 unspecified atom stereocenters. The molecule has 1 aromatic heterocycles. The van der Waals surface area contributed by atoms with E-state index in [9.17, 15) is 10.0 Å². The summed E-state index contributed by atoms with van der Waals surface area (Å²) in [5, 5.41) is 13.5. The van der Waals surface area contributed by atoms with Crippen LogP contribution in [0.1, 0.15) is 42.8 Å². The lowest BCUT2D eigenvalue weighted by Crippen LogP contribution is -2.32. The number of nitrogens with zero attached hydrogens (tertiary/aromatic N) is 3. The normalized spacial score (nSPS) is 15.4. The number of fused-ring (bicyclic) bond motifs is 1. The van der Waals surface area contributed by atoms with Gasteiger partial charge in [0, 0.05) is 12.6 Å². The van der Waals surface area contributed by atoms with Crippen molar-refractivity contribution in [3.8, 4) is 0 Å². The highest BCUT2D eigenvalue weighted by Crippen LogP contribution is 2.22. The number of carbonyl (C=O) groups excluding carboxylic acids is 1. The number of hydroxylamine groups is 2. The van der Waals surface area contributed by atoms with Crippen LogP contribution in [0.5, 0.6) is 0 Å². The van der Waals surface area contributed by atoms with Crippen LogP contribution in [0.4, 0.5) is 0 Å². The summed E-state index contributed by atoms with van der Waals surface area (Å²) in [6.45, 7) is 7.31. The van der Waals surface area contributed by atoms with Crippen LogP contribution in [-0.4, -0.2) is 31.8 Å². The van der Waals surface area contributed by atoms with Crippen molar-refractivity contribution in [3.63, 3.8) is 0 Å². The van der Waals surface area contributed by atoms with E-state index in [1.54, 1.807) is 0 Å². The minimum atomic E-state index is -0.152. The van der Waals surface area contributed by atoms with E-state index in [4.69, 9.17) is 0 Å². The van der Waals surface area contributed by atoms with Gasteiger partial charge in [-0.2, -0.15) is 5.06 Å². The average Bonchev–Trinajstić information content (AvgIpc) is 2.71. The Kier molecular flexibility index (Phi) is 3.17. The van der Waals surface area contributed by atoms with Gasteiger partial charge in [0.05, 0.1) is 24.5 Å². The third kappa shape index (κ3) is 2.18. The zero-order valence-electron chi connectivity index (χ0n) is 10.4. The second-order valence-electron chi connectivity index (χ2n) is 4.52. The maximum atomic E-state index is 12.0. The van der Waals surface area contributed by atoms with E-state index in [1.165, 1.54) is 5.06 Å². The van der Waals surface area contributed by atoms with Crippen LogP contribution in [0.25, 0.3) is 0 Å². The molecule has 94 valence electrons. The van der Waals surface area contributed by atoms with Gasteiger partial charge in [-0.25, -0.2) is 4.98 Å². The highest BCUT2D eigenvalue weighted by molar-refractivity contribution is 5.91. The first kappa shape index (κ1) is 12.1. The van der Waals surface area contributed by atoms with E-state index >= 15 is 0 Å². The van der Waals surface area contributed by atoms with Gasteiger partial charge < -0.3 is 15.1 Å². The third-order valence-corrected chi connectivity index (χ3v) is 2.76. The molecule has 1 aliphatic heterocycles. The Morgan fingerprint density at radius 1 is 1.53 bits per heavy atom. The standard InChI is InChI=1S/C11H18N4O2/c1-4-15-9-6-14(17)5-8(9)13-10(15)11(16)12-7(2)3/h7,17H,4-6H2,1-3H3,(H,12,16). The molecule has 2 heterocycles. The number of amides is 1. The Morgan fingerprint density at radius 2 is 2.24 bits per heavy atom. The smallest absolute Gasteiger partial charge is 0.287 e. The number of imidazole rings is 1. The molecule has 0 spiro atoms. The molecule has 1 amide bonds. The van der Waals surface area contributed by atoms with Crippen molar-refractivity contribution < 1.29 is 10.0 Å². The molecule has 0 aliphatic carbocycles. The number of aromatic nitrogens is 2. The molecule has 6 nitrogen and oxygen atoms in total. The molecule has 6 heteroatoms. The van der Waals surface area contributed by atoms with Crippen molar-refractivity contribution in [1.29, 1.82) is 0 Å². The van der Waals surface area contributed by atoms with Crippen LogP contribution in [0, 0.1) is 0 Å². The Bertz CT molecular complexity index is 439. The molecule has 1 aliphatic rings. The van der Waals surface area contributed by atoms with Gasteiger partial charge in [0.1, 0.15) is 0 Å². The number of hydrogen-bond acceptors (Lipinski definition) is 4. The van der Waals surface area contributed by atoms with Gasteiger partial charge in [-0.05, 0) is 20.8 Å². The van der Waals surface area contributed by atoms with Gasteiger partial charge in [-0.1, -0.05) is 0 Å². The number of carbonyl (C=O) groups is 1. The van der Waals surface area contributed by atoms with Gasteiger partial charge in [-0.15, -0.1) is 0 Å². The molecule has 0 radical (unpaired) electrons. The first-order valence-electron chi connectivity index (χ1n) is 5.85. The highest BCUT2D eigenvalue weighted by Gasteiger charge is 2.27. The van der Waals surface area contributed by atoms with Crippen molar-refractivity contribution in [2.24, 2.45) is 0 Å². The lowest BCUT2D eigenvalue weighted by molar-refractivity contribution is -0.0986. The fourth-order valence-electron chi connectivity index (χ4n) is 2.08. The largest absolute Gasteiger partial charge is 0.347 e. The second-order valence-corrected chi connectivity index (χ2v) is 4.52. The molecule has 2 N–H and O–H groups in total. The van der Waals surface area contributed by atoms with Crippen LogP contribution in [0.15, 0.2) is 0 Å². The number of rotatable bonds is 3. The van der Waals surface area contributed by atoms with Crippen LogP contribution in [0.2, 0.25) is 0 Å². The van der Waals surface area contributed by atoms with Gasteiger partial charge in [0.15, 0.2) is 5.82 Å². The van der Waals surface area contributed by atoms with Crippen LogP contribution in [-0.2, 0) is 19.6 Å². The molecular formula is C11H18N4O2. The van der Waals surface area contributed by atoms with Crippen LogP contribution < -0.4 is 5.32 Å². The lowest BCUT2D eigenvalue weighted by Gasteiger charge is -2.12. The van der Waals surface area contributed by atoms with E-state index in [2.05, 4.69) is 10.3 Å². The maximum Gasteiger partial charge on any atom is 0.287 e. The predicted octanol–water partition coefficient (Wildman–Crippen LogP) is 0.746. The molecule has 0 aromatic carbocycles. The summed E-state index contributed by atoms with van der Waals surface area (Å²) in [6, 6.07) is 0.0914. The zero-order valence-corrected chi connectivity index (χ0v) is 10.4. The minimum absolute atomic E-state index is 0.0914. The van der Waals surface area contributed by atoms with Crippen molar-refractivity contribution in [2.75, 3.05) is 0 Å². The fraction of sp³-hybridized carbons (Fsp3) is 0.636.